The fourth-order valence-electron chi connectivity index (χ4n) is 7.18. The smallest absolute Gasteiger partial charge is 0.337 e. The lowest BCUT2D eigenvalue weighted by Crippen LogP contribution is -2.34. The molecule has 344 valence electrons. The summed E-state index contributed by atoms with van der Waals surface area (Å²) in [4.78, 5) is 45.9. The van der Waals surface area contributed by atoms with Crippen LogP contribution in [0.1, 0.15) is 102 Å². The average Bonchev–Trinajstić information content (AvgIpc) is 3.34. The number of esters is 2. The number of aromatic carboxylic acids is 2. The van der Waals surface area contributed by atoms with Gasteiger partial charge in [0.1, 0.15) is 0 Å². The Morgan fingerprint density at radius 1 is 0.455 bits per heavy atom. The van der Waals surface area contributed by atoms with Gasteiger partial charge in [0.05, 0.1) is 58.3 Å². The summed E-state index contributed by atoms with van der Waals surface area (Å²) in [6.07, 6.45) is 1.05. The van der Waals surface area contributed by atoms with E-state index in [0.29, 0.717) is 24.0 Å². The molecule has 6 rings (SSSR count). The summed E-state index contributed by atoms with van der Waals surface area (Å²) in [6.45, 7) is 3.94. The van der Waals surface area contributed by atoms with Crippen molar-refractivity contribution in [2.75, 3.05) is 14.2 Å². The molecule has 0 heterocycles. The van der Waals surface area contributed by atoms with Crippen LogP contribution in [-0.2, 0) is 42.6 Å². The molecule has 0 amide bonds. The number of nitrogens with zero attached hydrogens (tertiary/aromatic N) is 2. The topological polar surface area (TPSA) is 202 Å². The third-order valence-electron chi connectivity index (χ3n) is 10.7. The van der Waals surface area contributed by atoms with Crippen molar-refractivity contribution in [2.45, 2.75) is 61.7 Å². The van der Waals surface area contributed by atoms with Crippen LogP contribution in [0.15, 0.2) is 168 Å². The first-order valence-corrected chi connectivity index (χ1v) is 23.6. The SMILES string of the molecule is CC[C@@H](c1ccccc1)N(Cc1ccc(C(=O)O)cc1)S(=O)(=O)c1ccc(C(=O)O)cc1.CC[C@@H](c1ccccc1)N(Cc1ccc(C(=O)OC)cc1)S(=O)(=O)c1ccc(C(=O)OC)cc1. The molecule has 14 nitrogen and oxygen atoms in total. The summed E-state index contributed by atoms with van der Waals surface area (Å²) in [5.74, 6) is -3.20. The molecule has 16 heteroatoms. The summed E-state index contributed by atoms with van der Waals surface area (Å²) in [6, 6.07) is 41.3. The molecule has 0 bridgehead atoms. The maximum atomic E-state index is 13.8. The lowest BCUT2D eigenvalue weighted by molar-refractivity contribution is 0.0592. The van der Waals surface area contributed by atoms with Gasteiger partial charge in [0.15, 0.2) is 0 Å². The number of rotatable bonds is 18. The summed E-state index contributed by atoms with van der Waals surface area (Å²) >= 11 is 0. The lowest BCUT2D eigenvalue weighted by Gasteiger charge is -2.31. The van der Waals surface area contributed by atoms with Crippen LogP contribution < -0.4 is 0 Å². The summed E-state index contributed by atoms with van der Waals surface area (Å²) < 4.78 is 67.2. The highest BCUT2D eigenvalue weighted by Gasteiger charge is 2.33. The van der Waals surface area contributed by atoms with Crippen LogP contribution in [0.5, 0.6) is 0 Å². The first-order chi connectivity index (χ1) is 31.5. The second-order valence-corrected chi connectivity index (χ2v) is 18.6. The van der Waals surface area contributed by atoms with Crippen molar-refractivity contribution in [3.8, 4) is 0 Å². The van der Waals surface area contributed by atoms with Gasteiger partial charge in [-0.05, 0) is 108 Å². The van der Waals surface area contributed by atoms with Crippen molar-refractivity contribution in [1.29, 1.82) is 0 Å². The van der Waals surface area contributed by atoms with Crippen molar-refractivity contribution in [1.82, 2.24) is 8.61 Å². The van der Waals surface area contributed by atoms with Gasteiger partial charge >= 0.3 is 23.9 Å². The molecular formula is C50H50N2O12S2. The van der Waals surface area contributed by atoms with Gasteiger partial charge in [0, 0.05) is 13.1 Å². The highest BCUT2D eigenvalue weighted by Crippen LogP contribution is 2.34. The molecule has 0 spiro atoms. The predicted molar refractivity (Wildman–Crippen MR) is 247 cm³/mol. The van der Waals surface area contributed by atoms with Crippen LogP contribution in [0.25, 0.3) is 0 Å². The molecule has 0 fully saturated rings. The zero-order chi connectivity index (χ0) is 48.0. The Labute approximate surface area is 384 Å². The van der Waals surface area contributed by atoms with E-state index in [1.807, 2.05) is 74.5 Å². The van der Waals surface area contributed by atoms with Crippen LogP contribution in [0.4, 0.5) is 0 Å². The van der Waals surface area contributed by atoms with Crippen LogP contribution in [0.3, 0.4) is 0 Å². The minimum atomic E-state index is -4.00. The number of carboxylic acids is 2. The lowest BCUT2D eigenvalue weighted by atomic mass is 10.0. The summed E-state index contributed by atoms with van der Waals surface area (Å²) in [7, 11) is -5.38. The van der Waals surface area contributed by atoms with E-state index in [9.17, 15) is 36.0 Å². The molecule has 2 atom stereocenters. The molecule has 0 saturated carbocycles. The first-order valence-electron chi connectivity index (χ1n) is 20.7. The van der Waals surface area contributed by atoms with E-state index in [4.69, 9.17) is 19.7 Å². The van der Waals surface area contributed by atoms with E-state index >= 15 is 0 Å². The van der Waals surface area contributed by atoms with Gasteiger partial charge in [-0.3, -0.25) is 0 Å². The number of carbonyl (C=O) groups excluding carboxylic acids is 2. The van der Waals surface area contributed by atoms with Gasteiger partial charge in [-0.25, -0.2) is 36.0 Å². The number of ether oxygens (including phenoxy) is 2. The van der Waals surface area contributed by atoms with Gasteiger partial charge in [-0.2, -0.15) is 8.61 Å². The number of sulfonamides is 2. The van der Waals surface area contributed by atoms with Gasteiger partial charge in [-0.1, -0.05) is 98.8 Å². The zero-order valence-corrected chi connectivity index (χ0v) is 38.3. The third kappa shape index (κ3) is 12.2. The molecule has 0 aliphatic rings. The minimum absolute atomic E-state index is 0.00476. The number of benzene rings is 6. The molecular weight excluding hydrogens is 885 g/mol. The van der Waals surface area contributed by atoms with Crippen molar-refractivity contribution >= 4 is 43.9 Å². The van der Waals surface area contributed by atoms with Crippen molar-refractivity contribution in [2.24, 2.45) is 0 Å². The Hall–Kier alpha value is -6.98. The van der Waals surface area contributed by atoms with E-state index in [-0.39, 0.29) is 39.6 Å². The Morgan fingerprint density at radius 3 is 1.03 bits per heavy atom. The van der Waals surface area contributed by atoms with Gasteiger partial charge in [0.25, 0.3) is 0 Å². The van der Waals surface area contributed by atoms with E-state index in [0.717, 1.165) is 16.7 Å². The minimum Gasteiger partial charge on any atom is -0.478 e. The molecule has 0 radical (unpaired) electrons. The number of hydrogen-bond donors (Lipinski definition) is 2. The second kappa shape index (κ2) is 22.8. The van der Waals surface area contributed by atoms with E-state index in [2.05, 4.69) is 0 Å². The average molecular weight is 935 g/mol. The van der Waals surface area contributed by atoms with E-state index < -0.39 is 56.0 Å². The Morgan fingerprint density at radius 2 is 0.742 bits per heavy atom. The largest absolute Gasteiger partial charge is 0.478 e. The van der Waals surface area contributed by atoms with Crippen LogP contribution >= 0.6 is 0 Å². The van der Waals surface area contributed by atoms with Gasteiger partial charge < -0.3 is 19.7 Å². The molecule has 0 saturated heterocycles. The van der Waals surface area contributed by atoms with E-state index in [1.54, 1.807) is 36.4 Å². The number of methoxy groups -OCH3 is 2. The quantitative estimate of drug-likeness (QED) is 0.0776. The highest BCUT2D eigenvalue weighted by molar-refractivity contribution is 7.89. The fraction of sp³-hybridized carbons (Fsp3) is 0.200. The summed E-state index contributed by atoms with van der Waals surface area (Å²) in [5, 5.41) is 18.2. The predicted octanol–water partition coefficient (Wildman–Crippen LogP) is 9.03. The Kier molecular flexibility index (Phi) is 17.3. The van der Waals surface area contributed by atoms with Crippen molar-refractivity contribution in [3.63, 3.8) is 0 Å². The molecule has 6 aromatic rings. The number of hydrogen-bond acceptors (Lipinski definition) is 10. The Balaban J connectivity index is 0.000000248. The Bertz CT molecular complexity index is 2810. The zero-order valence-electron chi connectivity index (χ0n) is 36.7. The molecule has 0 unspecified atom stereocenters. The molecule has 0 aromatic heterocycles. The third-order valence-corrected chi connectivity index (χ3v) is 14.4. The second-order valence-electron chi connectivity index (χ2n) is 14.8. The maximum absolute atomic E-state index is 13.8. The van der Waals surface area contributed by atoms with Crippen LogP contribution in [-0.4, -0.2) is 73.8 Å². The fourth-order valence-corrected chi connectivity index (χ4v) is 10.5. The van der Waals surface area contributed by atoms with Crippen molar-refractivity contribution in [3.05, 3.63) is 202 Å². The highest BCUT2D eigenvalue weighted by atomic mass is 32.2. The van der Waals surface area contributed by atoms with Gasteiger partial charge in [-0.15, -0.1) is 0 Å². The van der Waals surface area contributed by atoms with E-state index in [1.165, 1.54) is 83.5 Å². The first kappa shape index (κ1) is 50.0. The molecule has 0 aliphatic carbocycles. The van der Waals surface area contributed by atoms with Gasteiger partial charge in [0.2, 0.25) is 20.0 Å². The summed E-state index contributed by atoms with van der Waals surface area (Å²) in [5.41, 5.74) is 3.80. The molecule has 0 aliphatic heterocycles. The molecule has 2 N–H and O–H groups in total. The standard InChI is InChI=1S/C26H27NO6S.C24H23NO6S/c1-4-24(20-8-6-5-7-9-20)27(18-19-10-12-21(13-11-19)25(28)32-2)34(30,31)23-16-14-22(15-17-23)26(29)33-3;1-2-22(18-6-4-3-5-7-18)25(16-17-8-10-19(11-9-17)23(26)27)32(30,31)21-14-12-20(13-15-21)24(28)29/h5-17,24H,4,18H2,1-3H3;3-15,22H,2,16H2,1H3,(H,26,27)(H,28,29)/t24-;22-/m00/s1. The number of carbonyl (C=O) groups is 4. The monoisotopic (exact) mass is 934 g/mol. The van der Waals surface area contributed by atoms with Crippen LogP contribution in [0, 0.1) is 0 Å². The molecule has 6 aromatic carbocycles. The van der Waals surface area contributed by atoms with Crippen LogP contribution in [0.2, 0.25) is 0 Å². The maximum Gasteiger partial charge on any atom is 0.337 e. The molecule has 66 heavy (non-hydrogen) atoms. The normalized spacial score (nSPS) is 12.3. The number of carboxylic acid groups (broad SMARTS) is 2. The van der Waals surface area contributed by atoms with Crippen molar-refractivity contribution < 1.29 is 55.7 Å².